The van der Waals surface area contributed by atoms with Crippen molar-refractivity contribution in [1.82, 2.24) is 19.1 Å². The Labute approximate surface area is 276 Å². The van der Waals surface area contributed by atoms with Crippen LogP contribution in [0.25, 0.3) is 88.5 Å². The second-order valence-corrected chi connectivity index (χ2v) is 12.3. The Kier molecular flexibility index (Phi) is 5.84. The van der Waals surface area contributed by atoms with E-state index < -0.39 is 0 Å². The van der Waals surface area contributed by atoms with Gasteiger partial charge in [-0.3, -0.25) is 4.57 Å². The van der Waals surface area contributed by atoms with Crippen molar-refractivity contribution in [1.29, 1.82) is 0 Å². The number of nitrogens with zero attached hydrogens (tertiary/aromatic N) is 4. The summed E-state index contributed by atoms with van der Waals surface area (Å²) in [5, 5.41) is 5.85. The molecule has 48 heavy (non-hydrogen) atoms. The molecule has 10 aromatic rings. The Morgan fingerprint density at radius 3 is 1.56 bits per heavy atom. The zero-order valence-electron chi connectivity index (χ0n) is 26.0. The molecule has 3 aromatic heterocycles. The third-order valence-corrected chi connectivity index (χ3v) is 9.54. The molecule has 0 saturated carbocycles. The highest BCUT2D eigenvalue weighted by Crippen LogP contribution is 2.40. The lowest BCUT2D eigenvalue weighted by molar-refractivity contribution is 1.01. The average molecular weight is 613 g/mol. The van der Waals surface area contributed by atoms with Crippen LogP contribution in [-0.2, 0) is 0 Å². The molecule has 4 heteroatoms. The minimum atomic E-state index is 0.656. The van der Waals surface area contributed by atoms with Gasteiger partial charge in [-0.1, -0.05) is 127 Å². The maximum atomic E-state index is 5.36. The quantitative estimate of drug-likeness (QED) is 0.198. The maximum absolute atomic E-state index is 5.36. The van der Waals surface area contributed by atoms with Crippen LogP contribution in [-0.4, -0.2) is 19.1 Å². The van der Waals surface area contributed by atoms with Crippen molar-refractivity contribution in [2.75, 3.05) is 0 Å². The summed E-state index contributed by atoms with van der Waals surface area (Å²) in [7, 11) is 0. The molecule has 0 radical (unpaired) electrons. The monoisotopic (exact) mass is 612 g/mol. The number of fused-ring (bicyclic) bond motifs is 7. The van der Waals surface area contributed by atoms with Crippen LogP contribution in [0.4, 0.5) is 0 Å². The molecule has 0 amide bonds. The summed E-state index contributed by atoms with van der Waals surface area (Å²) < 4.78 is 4.61. The molecular weight excluding hydrogens is 585 g/mol. The molecule has 10 rings (SSSR count). The highest BCUT2D eigenvalue weighted by molar-refractivity contribution is 6.19. The third-order valence-electron chi connectivity index (χ3n) is 9.54. The summed E-state index contributed by atoms with van der Waals surface area (Å²) >= 11 is 0. The van der Waals surface area contributed by atoms with E-state index in [0.29, 0.717) is 5.95 Å². The summed E-state index contributed by atoms with van der Waals surface area (Å²) in [4.78, 5) is 10.6. The van der Waals surface area contributed by atoms with Crippen LogP contribution in [0.2, 0.25) is 0 Å². The van der Waals surface area contributed by atoms with E-state index in [1.807, 2.05) is 6.07 Å². The van der Waals surface area contributed by atoms with Crippen molar-refractivity contribution < 1.29 is 0 Å². The van der Waals surface area contributed by atoms with E-state index in [0.717, 1.165) is 44.4 Å². The molecule has 0 bridgehead atoms. The summed E-state index contributed by atoms with van der Waals surface area (Å²) in [6.45, 7) is 0. The number of aromatic nitrogens is 4. The van der Waals surface area contributed by atoms with Gasteiger partial charge in [-0.05, 0) is 53.6 Å². The molecule has 0 aliphatic rings. The topological polar surface area (TPSA) is 35.6 Å². The van der Waals surface area contributed by atoms with Crippen molar-refractivity contribution in [3.63, 3.8) is 0 Å². The van der Waals surface area contributed by atoms with Crippen molar-refractivity contribution >= 4 is 54.5 Å². The Morgan fingerprint density at radius 2 is 0.854 bits per heavy atom. The van der Waals surface area contributed by atoms with Crippen molar-refractivity contribution in [3.8, 4) is 34.0 Å². The zero-order chi connectivity index (χ0) is 31.6. The summed E-state index contributed by atoms with van der Waals surface area (Å²) in [6.07, 6.45) is 0. The standard InChI is InChI=1S/C44H28N4/c1-3-13-29(14-4-1)30-23-25-31(26-24-30)43-35-19-7-10-20-38(35)45-44(46-43)48-40-22-12-9-18-34(40)37-27-36-33-17-8-11-21-39(33)47(41(36)28-42(37)48)32-15-5-2-6-16-32/h1-28H. The lowest BCUT2D eigenvalue weighted by atomic mass is 10.0. The van der Waals surface area contributed by atoms with Gasteiger partial charge in [-0.25, -0.2) is 9.97 Å². The Morgan fingerprint density at radius 1 is 0.333 bits per heavy atom. The van der Waals surface area contributed by atoms with E-state index in [1.54, 1.807) is 0 Å². The minimum absolute atomic E-state index is 0.656. The number of hydrogen-bond acceptors (Lipinski definition) is 2. The average Bonchev–Trinajstić information content (AvgIpc) is 3.66. The van der Waals surface area contributed by atoms with Gasteiger partial charge in [0.2, 0.25) is 5.95 Å². The van der Waals surface area contributed by atoms with Crippen LogP contribution < -0.4 is 0 Å². The smallest absolute Gasteiger partial charge is 0.235 e. The molecular formula is C44H28N4. The van der Waals surface area contributed by atoms with Gasteiger partial charge in [-0.15, -0.1) is 0 Å². The fraction of sp³-hybridized carbons (Fsp3) is 0. The third kappa shape index (κ3) is 4.03. The van der Waals surface area contributed by atoms with Gasteiger partial charge in [0.05, 0.1) is 33.3 Å². The zero-order valence-corrected chi connectivity index (χ0v) is 26.0. The molecule has 0 saturated heterocycles. The van der Waals surface area contributed by atoms with E-state index in [1.165, 1.54) is 38.2 Å². The predicted octanol–water partition coefficient (Wildman–Crippen LogP) is 11.2. The first-order valence-electron chi connectivity index (χ1n) is 16.3. The lowest BCUT2D eigenvalue weighted by Crippen LogP contribution is -2.03. The van der Waals surface area contributed by atoms with Crippen LogP contribution in [0.1, 0.15) is 0 Å². The molecule has 0 atom stereocenters. The molecule has 7 aromatic carbocycles. The van der Waals surface area contributed by atoms with Crippen LogP contribution in [0, 0.1) is 0 Å². The Bertz CT molecular complexity index is 2810. The SMILES string of the molecule is c1ccc(-c2ccc(-c3nc(-n4c5ccccc5c5cc6c7ccccc7n(-c7ccccc7)c6cc54)nc4ccccc34)cc2)cc1. The Hall–Kier alpha value is -6.52. The summed E-state index contributed by atoms with van der Waals surface area (Å²) in [5.74, 6) is 0.656. The Balaban J connectivity index is 1.26. The second-order valence-electron chi connectivity index (χ2n) is 12.3. The van der Waals surface area contributed by atoms with E-state index in [9.17, 15) is 0 Å². The first kappa shape index (κ1) is 26.7. The van der Waals surface area contributed by atoms with Crippen LogP contribution in [0.5, 0.6) is 0 Å². The summed E-state index contributed by atoms with van der Waals surface area (Å²) in [5.41, 5.74) is 10.9. The lowest BCUT2D eigenvalue weighted by Gasteiger charge is -2.12. The molecule has 0 aliphatic heterocycles. The van der Waals surface area contributed by atoms with E-state index in [2.05, 4.69) is 173 Å². The van der Waals surface area contributed by atoms with E-state index >= 15 is 0 Å². The molecule has 224 valence electrons. The molecule has 0 aliphatic carbocycles. The molecule has 0 N–H and O–H groups in total. The molecule has 0 spiro atoms. The maximum Gasteiger partial charge on any atom is 0.235 e. The van der Waals surface area contributed by atoms with Gasteiger partial charge in [0.15, 0.2) is 0 Å². The van der Waals surface area contributed by atoms with Crippen LogP contribution >= 0.6 is 0 Å². The van der Waals surface area contributed by atoms with Crippen LogP contribution in [0.3, 0.4) is 0 Å². The van der Waals surface area contributed by atoms with Gasteiger partial charge in [0, 0.05) is 38.2 Å². The van der Waals surface area contributed by atoms with Crippen LogP contribution in [0.15, 0.2) is 170 Å². The highest BCUT2D eigenvalue weighted by Gasteiger charge is 2.20. The first-order chi connectivity index (χ1) is 23.8. The predicted molar refractivity (Wildman–Crippen MR) is 199 cm³/mol. The molecule has 4 nitrogen and oxygen atoms in total. The normalized spacial score (nSPS) is 11.8. The van der Waals surface area contributed by atoms with Crippen molar-refractivity contribution in [2.24, 2.45) is 0 Å². The minimum Gasteiger partial charge on any atom is -0.309 e. The highest BCUT2D eigenvalue weighted by atomic mass is 15.2. The fourth-order valence-electron chi connectivity index (χ4n) is 7.34. The number of para-hydroxylation sites is 4. The first-order valence-corrected chi connectivity index (χ1v) is 16.3. The molecule has 0 fully saturated rings. The van der Waals surface area contributed by atoms with Crippen molar-refractivity contribution in [2.45, 2.75) is 0 Å². The number of rotatable bonds is 4. The van der Waals surface area contributed by atoms with E-state index in [-0.39, 0.29) is 0 Å². The fourth-order valence-corrected chi connectivity index (χ4v) is 7.34. The van der Waals surface area contributed by atoms with Gasteiger partial charge < -0.3 is 4.57 Å². The largest absolute Gasteiger partial charge is 0.309 e. The number of hydrogen-bond donors (Lipinski definition) is 0. The van der Waals surface area contributed by atoms with Gasteiger partial charge in [0.1, 0.15) is 0 Å². The van der Waals surface area contributed by atoms with Gasteiger partial charge in [0.25, 0.3) is 0 Å². The summed E-state index contributed by atoms with van der Waals surface area (Å²) in [6, 6.07) is 60.1. The van der Waals surface area contributed by atoms with Crippen molar-refractivity contribution in [3.05, 3.63) is 170 Å². The number of benzene rings is 7. The molecule has 0 unspecified atom stereocenters. The van der Waals surface area contributed by atoms with Gasteiger partial charge >= 0.3 is 0 Å². The second kappa shape index (κ2) is 10.5. The van der Waals surface area contributed by atoms with E-state index in [4.69, 9.17) is 9.97 Å². The molecule has 3 heterocycles. The van der Waals surface area contributed by atoms with Gasteiger partial charge in [-0.2, -0.15) is 0 Å².